The lowest BCUT2D eigenvalue weighted by atomic mass is 9.78. The summed E-state index contributed by atoms with van der Waals surface area (Å²) in [6.45, 7) is 6.94. The summed E-state index contributed by atoms with van der Waals surface area (Å²) >= 11 is 0. The number of halogens is 2. The van der Waals surface area contributed by atoms with Crippen LogP contribution in [0.15, 0.2) is 47.4 Å². The number of ether oxygens (including phenoxy) is 2. The van der Waals surface area contributed by atoms with Crippen molar-refractivity contribution in [2.45, 2.75) is 39.7 Å². The highest BCUT2D eigenvalue weighted by Gasteiger charge is 2.34. The fraction of sp³-hybridized carbons (Fsp3) is 0.357. The summed E-state index contributed by atoms with van der Waals surface area (Å²) in [5.74, 6) is -2.87. The lowest BCUT2D eigenvalue weighted by molar-refractivity contribution is 0.0693. The van der Waals surface area contributed by atoms with Crippen molar-refractivity contribution >= 4 is 5.97 Å². The smallest absolute Gasteiger partial charge is 0.341 e. The van der Waals surface area contributed by atoms with Crippen LogP contribution in [0.3, 0.4) is 0 Å². The van der Waals surface area contributed by atoms with E-state index in [0.717, 1.165) is 11.6 Å². The van der Waals surface area contributed by atoms with Gasteiger partial charge in [-0.2, -0.15) is 0 Å². The number of carboxylic acids is 1. The van der Waals surface area contributed by atoms with Crippen LogP contribution in [0.5, 0.6) is 5.75 Å². The van der Waals surface area contributed by atoms with Crippen LogP contribution in [-0.2, 0) is 11.2 Å². The van der Waals surface area contributed by atoms with Gasteiger partial charge < -0.3 is 19.1 Å². The molecule has 2 aromatic carbocycles. The van der Waals surface area contributed by atoms with Crippen molar-refractivity contribution in [3.63, 3.8) is 0 Å². The third-order valence-electron chi connectivity index (χ3n) is 6.53. The van der Waals surface area contributed by atoms with Crippen molar-refractivity contribution in [3.8, 4) is 28.1 Å². The van der Waals surface area contributed by atoms with Gasteiger partial charge in [0.25, 0.3) is 0 Å². The summed E-state index contributed by atoms with van der Waals surface area (Å²) in [6, 6.07) is 8.62. The Morgan fingerprint density at radius 2 is 1.86 bits per heavy atom. The number of pyridine rings is 1. The Balaban J connectivity index is 1.96. The maximum atomic E-state index is 14.9. The fourth-order valence-corrected chi connectivity index (χ4v) is 4.67. The highest BCUT2D eigenvalue weighted by atomic mass is 19.2. The van der Waals surface area contributed by atoms with Gasteiger partial charge in [0.1, 0.15) is 11.3 Å². The van der Waals surface area contributed by atoms with E-state index < -0.39 is 23.0 Å². The maximum absolute atomic E-state index is 14.9. The van der Waals surface area contributed by atoms with Gasteiger partial charge in [-0.3, -0.25) is 4.79 Å². The third-order valence-corrected chi connectivity index (χ3v) is 6.53. The first kappa shape index (κ1) is 25.6. The molecule has 0 spiro atoms. The molecule has 0 aliphatic carbocycles. The lowest BCUT2D eigenvalue weighted by Crippen LogP contribution is -2.32. The Kier molecular flexibility index (Phi) is 7.00. The first-order valence-electron chi connectivity index (χ1n) is 11.8. The van der Waals surface area contributed by atoms with Crippen molar-refractivity contribution in [1.82, 2.24) is 4.57 Å². The SMILES string of the molecule is COCCCOc1cc2c(cc1-c1cccc(F)c1F)-c1cc(=O)c(C(=O)O)cn1[C@H](C(C)(C)C)C2. The second kappa shape index (κ2) is 9.85. The highest BCUT2D eigenvalue weighted by Crippen LogP contribution is 2.46. The number of hydrogen-bond donors (Lipinski definition) is 1. The Bertz CT molecular complexity index is 1370. The van der Waals surface area contributed by atoms with E-state index in [2.05, 4.69) is 0 Å². The number of nitrogens with zero attached hydrogens (tertiary/aromatic N) is 1. The van der Waals surface area contributed by atoms with E-state index in [1.807, 2.05) is 31.4 Å². The number of hydrogen-bond acceptors (Lipinski definition) is 4. The van der Waals surface area contributed by atoms with Crippen LogP contribution in [0.25, 0.3) is 22.4 Å². The minimum Gasteiger partial charge on any atom is -0.493 e. The molecule has 1 atom stereocenters. The van der Waals surface area contributed by atoms with E-state index in [-0.39, 0.29) is 22.6 Å². The minimum absolute atomic E-state index is 0.0357. The molecule has 1 aliphatic heterocycles. The van der Waals surface area contributed by atoms with Gasteiger partial charge in [0, 0.05) is 55.1 Å². The summed E-state index contributed by atoms with van der Waals surface area (Å²) in [5.41, 5.74) is 1.22. The van der Waals surface area contributed by atoms with Gasteiger partial charge in [0.2, 0.25) is 0 Å². The van der Waals surface area contributed by atoms with Crippen LogP contribution in [0.2, 0.25) is 0 Å². The normalized spacial score (nSPS) is 14.8. The second-order valence-electron chi connectivity index (χ2n) is 10.0. The summed E-state index contributed by atoms with van der Waals surface area (Å²) in [5, 5.41) is 9.54. The molecule has 0 fully saturated rings. The molecule has 0 radical (unpaired) electrons. The maximum Gasteiger partial charge on any atom is 0.341 e. The Morgan fingerprint density at radius 3 is 2.53 bits per heavy atom. The van der Waals surface area contributed by atoms with Crippen LogP contribution in [0.4, 0.5) is 8.78 Å². The first-order chi connectivity index (χ1) is 17.0. The summed E-state index contributed by atoms with van der Waals surface area (Å²) < 4.78 is 42.0. The van der Waals surface area contributed by atoms with Crippen molar-refractivity contribution in [2.24, 2.45) is 5.41 Å². The molecule has 36 heavy (non-hydrogen) atoms. The molecule has 0 bridgehead atoms. The summed E-state index contributed by atoms with van der Waals surface area (Å²) in [4.78, 5) is 24.4. The quantitative estimate of drug-likeness (QED) is 0.423. The van der Waals surface area contributed by atoms with Gasteiger partial charge in [0.15, 0.2) is 17.1 Å². The molecule has 0 amide bonds. The summed E-state index contributed by atoms with van der Waals surface area (Å²) in [6.07, 6.45) is 2.53. The van der Waals surface area contributed by atoms with Crippen molar-refractivity contribution < 1.29 is 28.2 Å². The van der Waals surface area contributed by atoms with Crippen LogP contribution in [0.1, 0.15) is 49.2 Å². The van der Waals surface area contributed by atoms with E-state index in [9.17, 15) is 23.5 Å². The van der Waals surface area contributed by atoms with Crippen LogP contribution < -0.4 is 10.2 Å². The zero-order valence-electron chi connectivity index (χ0n) is 20.7. The summed E-state index contributed by atoms with van der Waals surface area (Å²) in [7, 11) is 1.59. The van der Waals surface area contributed by atoms with Gasteiger partial charge in [0.05, 0.1) is 12.3 Å². The average molecular weight is 498 g/mol. The number of aromatic carboxylic acids is 1. The number of carbonyl (C=O) groups is 1. The van der Waals surface area contributed by atoms with Gasteiger partial charge in [-0.05, 0) is 35.6 Å². The molecule has 1 aromatic heterocycles. The average Bonchev–Trinajstić information content (AvgIpc) is 2.81. The third kappa shape index (κ3) is 4.78. The molecule has 0 saturated carbocycles. The highest BCUT2D eigenvalue weighted by molar-refractivity contribution is 5.88. The van der Waals surface area contributed by atoms with Crippen LogP contribution >= 0.6 is 0 Å². The molecule has 1 aliphatic rings. The monoisotopic (exact) mass is 497 g/mol. The van der Waals surface area contributed by atoms with Crippen molar-refractivity contribution in [1.29, 1.82) is 0 Å². The first-order valence-corrected chi connectivity index (χ1v) is 11.8. The molecule has 1 N–H and O–H groups in total. The number of aromatic nitrogens is 1. The zero-order chi connectivity index (χ0) is 26.2. The van der Waals surface area contributed by atoms with E-state index in [0.29, 0.717) is 48.6 Å². The molecular weight excluding hydrogens is 468 g/mol. The number of methoxy groups -OCH3 is 1. The van der Waals surface area contributed by atoms with Crippen LogP contribution in [-0.4, -0.2) is 36.0 Å². The van der Waals surface area contributed by atoms with Crippen molar-refractivity contribution in [3.05, 3.63) is 75.6 Å². The molecule has 4 rings (SSSR count). The lowest BCUT2D eigenvalue weighted by Gasteiger charge is -2.39. The predicted octanol–water partition coefficient (Wildman–Crippen LogP) is 5.72. The molecule has 190 valence electrons. The van der Waals surface area contributed by atoms with Gasteiger partial charge >= 0.3 is 5.97 Å². The molecule has 6 nitrogen and oxygen atoms in total. The van der Waals surface area contributed by atoms with Gasteiger partial charge in [-0.1, -0.05) is 32.9 Å². The molecule has 0 unspecified atom stereocenters. The molecule has 8 heteroatoms. The van der Waals surface area contributed by atoms with Gasteiger partial charge in [-0.15, -0.1) is 0 Å². The van der Waals surface area contributed by atoms with E-state index in [1.54, 1.807) is 13.2 Å². The standard InChI is InChI=1S/C28H29F2NO5/c1-28(2,3)25-12-16-11-24(36-10-6-9-35-4)19(17-7-5-8-21(29)26(17)30)13-18(16)22-14-23(32)20(27(33)34)15-31(22)25/h5,7-8,11,13-15,25H,6,9-10,12H2,1-4H3,(H,33,34)/t25-/m0/s1. The minimum atomic E-state index is -1.30. The second-order valence-corrected chi connectivity index (χ2v) is 10.0. The Hall–Kier alpha value is -3.52. The molecule has 2 heterocycles. The topological polar surface area (TPSA) is 77.8 Å². The van der Waals surface area contributed by atoms with Gasteiger partial charge in [-0.25, -0.2) is 13.6 Å². The molecule has 0 saturated heterocycles. The largest absolute Gasteiger partial charge is 0.493 e. The zero-order valence-corrected chi connectivity index (χ0v) is 20.7. The Morgan fingerprint density at radius 1 is 1.11 bits per heavy atom. The van der Waals surface area contributed by atoms with E-state index in [1.165, 1.54) is 24.4 Å². The Labute approximate surface area is 208 Å². The van der Waals surface area contributed by atoms with E-state index in [4.69, 9.17) is 9.47 Å². The predicted molar refractivity (Wildman–Crippen MR) is 133 cm³/mol. The molecule has 3 aromatic rings. The number of benzene rings is 2. The number of carboxylic acid groups (broad SMARTS) is 1. The fourth-order valence-electron chi connectivity index (χ4n) is 4.67. The van der Waals surface area contributed by atoms with E-state index >= 15 is 0 Å². The number of fused-ring (bicyclic) bond motifs is 3. The van der Waals surface area contributed by atoms with Crippen LogP contribution in [0, 0.1) is 17.0 Å². The van der Waals surface area contributed by atoms with Crippen molar-refractivity contribution in [2.75, 3.05) is 20.3 Å². The molecular formula is C28H29F2NO5. The number of rotatable bonds is 7.